The molecule has 0 saturated heterocycles. The standard InChI is InChI=1S/C23H25N5O5S/c1-27-19-17(21(30)28(2)23(27)32)20(26-18(25-19)13-6-4-5-7-13)34-12-16(29)24-15-10-8-14(9-11-15)22(31)33-3/h8-11,13H,4-7,12H2,1-3H3,(H,24,29). The van der Waals surface area contributed by atoms with Gasteiger partial charge in [0.1, 0.15) is 16.2 Å². The summed E-state index contributed by atoms with van der Waals surface area (Å²) in [6.07, 6.45) is 4.08. The van der Waals surface area contributed by atoms with Crippen LogP contribution in [-0.2, 0) is 23.6 Å². The maximum absolute atomic E-state index is 12.9. The van der Waals surface area contributed by atoms with E-state index in [1.54, 1.807) is 31.3 Å². The highest BCUT2D eigenvalue weighted by atomic mass is 32.2. The van der Waals surface area contributed by atoms with Gasteiger partial charge in [-0.3, -0.25) is 18.7 Å². The van der Waals surface area contributed by atoms with Gasteiger partial charge in [-0.05, 0) is 37.1 Å². The second kappa shape index (κ2) is 9.80. The molecule has 2 aromatic heterocycles. The van der Waals surface area contributed by atoms with Crippen LogP contribution in [0.4, 0.5) is 5.69 Å². The van der Waals surface area contributed by atoms with E-state index < -0.39 is 17.2 Å². The minimum atomic E-state index is -0.489. The number of anilines is 1. The average Bonchev–Trinajstić information content (AvgIpc) is 3.39. The first-order valence-electron chi connectivity index (χ1n) is 10.9. The van der Waals surface area contributed by atoms with Crippen molar-refractivity contribution in [3.05, 3.63) is 56.5 Å². The molecule has 0 unspecified atom stereocenters. The van der Waals surface area contributed by atoms with Crippen molar-refractivity contribution in [1.82, 2.24) is 19.1 Å². The molecular formula is C23H25N5O5S. The largest absolute Gasteiger partial charge is 0.465 e. The Morgan fingerprint density at radius 1 is 1.09 bits per heavy atom. The van der Waals surface area contributed by atoms with E-state index in [1.807, 2.05) is 0 Å². The van der Waals surface area contributed by atoms with E-state index >= 15 is 0 Å². The Morgan fingerprint density at radius 2 is 1.76 bits per heavy atom. The maximum atomic E-state index is 12.9. The number of methoxy groups -OCH3 is 1. The third-order valence-corrected chi connectivity index (χ3v) is 6.91. The van der Waals surface area contributed by atoms with E-state index in [0.29, 0.717) is 22.1 Å². The van der Waals surface area contributed by atoms with Gasteiger partial charge in [-0.15, -0.1) is 0 Å². The summed E-state index contributed by atoms with van der Waals surface area (Å²) in [4.78, 5) is 58.8. The van der Waals surface area contributed by atoms with Gasteiger partial charge < -0.3 is 10.1 Å². The summed E-state index contributed by atoms with van der Waals surface area (Å²) in [5, 5.41) is 3.38. The van der Waals surface area contributed by atoms with Crippen molar-refractivity contribution < 1.29 is 14.3 Å². The Kier molecular flexibility index (Phi) is 6.82. The van der Waals surface area contributed by atoms with Crippen LogP contribution in [0.15, 0.2) is 38.9 Å². The molecule has 10 nitrogen and oxygen atoms in total. The van der Waals surface area contributed by atoms with Gasteiger partial charge in [0.05, 0.1) is 18.4 Å². The molecule has 0 bridgehead atoms. The molecule has 0 atom stereocenters. The zero-order chi connectivity index (χ0) is 24.4. The summed E-state index contributed by atoms with van der Waals surface area (Å²) in [7, 11) is 4.29. The van der Waals surface area contributed by atoms with E-state index in [4.69, 9.17) is 0 Å². The zero-order valence-electron chi connectivity index (χ0n) is 19.2. The molecule has 1 saturated carbocycles. The molecule has 178 valence electrons. The third-order valence-electron chi connectivity index (χ3n) is 5.93. The van der Waals surface area contributed by atoms with E-state index in [0.717, 1.165) is 42.0 Å². The molecule has 1 fully saturated rings. The lowest BCUT2D eigenvalue weighted by Crippen LogP contribution is -2.38. The van der Waals surface area contributed by atoms with Crippen LogP contribution in [-0.4, -0.2) is 43.8 Å². The summed E-state index contributed by atoms with van der Waals surface area (Å²) in [5.41, 5.74) is 0.236. The van der Waals surface area contributed by atoms with Crippen LogP contribution in [0.1, 0.15) is 47.8 Å². The number of esters is 1. The van der Waals surface area contributed by atoms with Crippen LogP contribution in [0, 0.1) is 0 Å². The van der Waals surface area contributed by atoms with Gasteiger partial charge in [0.15, 0.2) is 5.65 Å². The topological polar surface area (TPSA) is 125 Å². The summed E-state index contributed by atoms with van der Waals surface area (Å²) in [5.74, 6) is 0.0189. The number of nitrogens with zero attached hydrogens (tertiary/aromatic N) is 4. The van der Waals surface area contributed by atoms with Crippen LogP contribution in [0.2, 0.25) is 0 Å². The van der Waals surface area contributed by atoms with Crippen LogP contribution in [0.25, 0.3) is 11.0 Å². The van der Waals surface area contributed by atoms with Crippen molar-refractivity contribution in [1.29, 1.82) is 0 Å². The monoisotopic (exact) mass is 483 g/mol. The number of carbonyl (C=O) groups is 2. The van der Waals surface area contributed by atoms with E-state index in [9.17, 15) is 19.2 Å². The molecule has 34 heavy (non-hydrogen) atoms. The summed E-state index contributed by atoms with van der Waals surface area (Å²) < 4.78 is 7.04. The zero-order valence-corrected chi connectivity index (χ0v) is 20.0. The fourth-order valence-corrected chi connectivity index (χ4v) is 4.88. The fourth-order valence-electron chi connectivity index (χ4n) is 4.05. The predicted octanol–water partition coefficient (Wildman–Crippen LogP) is 2.20. The number of fused-ring (bicyclic) bond motifs is 1. The van der Waals surface area contributed by atoms with Crippen LogP contribution >= 0.6 is 11.8 Å². The highest BCUT2D eigenvalue weighted by Gasteiger charge is 2.24. The molecule has 1 aliphatic carbocycles. The average molecular weight is 484 g/mol. The van der Waals surface area contributed by atoms with Gasteiger partial charge in [-0.2, -0.15) is 0 Å². The van der Waals surface area contributed by atoms with E-state index in [2.05, 4.69) is 20.0 Å². The second-order valence-electron chi connectivity index (χ2n) is 8.18. The molecule has 4 rings (SSSR count). The Labute approximate surface area is 199 Å². The summed E-state index contributed by atoms with van der Waals surface area (Å²) in [6.45, 7) is 0. The Bertz CT molecular complexity index is 1370. The number of hydrogen-bond acceptors (Lipinski definition) is 8. The number of benzene rings is 1. The highest BCUT2D eigenvalue weighted by molar-refractivity contribution is 8.00. The van der Waals surface area contributed by atoms with Crippen molar-refractivity contribution in [3.8, 4) is 0 Å². The molecule has 1 aliphatic rings. The minimum absolute atomic E-state index is 0.000960. The number of hydrogen-bond donors (Lipinski definition) is 1. The lowest BCUT2D eigenvalue weighted by Gasteiger charge is -2.14. The van der Waals surface area contributed by atoms with E-state index in [1.165, 1.54) is 18.7 Å². The van der Waals surface area contributed by atoms with Gasteiger partial charge in [0, 0.05) is 25.7 Å². The molecule has 0 radical (unpaired) electrons. The quantitative estimate of drug-likeness (QED) is 0.321. The van der Waals surface area contributed by atoms with Crippen molar-refractivity contribution in [2.24, 2.45) is 14.1 Å². The first-order valence-corrected chi connectivity index (χ1v) is 11.9. The number of ether oxygens (including phenoxy) is 1. The van der Waals surface area contributed by atoms with Gasteiger partial charge >= 0.3 is 11.7 Å². The summed E-state index contributed by atoms with van der Waals surface area (Å²) >= 11 is 1.13. The number of aromatic nitrogens is 4. The molecular weight excluding hydrogens is 458 g/mol. The second-order valence-corrected chi connectivity index (χ2v) is 9.14. The maximum Gasteiger partial charge on any atom is 0.337 e. The van der Waals surface area contributed by atoms with E-state index in [-0.39, 0.29) is 28.6 Å². The van der Waals surface area contributed by atoms with Crippen molar-refractivity contribution in [3.63, 3.8) is 0 Å². The third kappa shape index (κ3) is 4.60. The lowest BCUT2D eigenvalue weighted by molar-refractivity contribution is -0.113. The molecule has 2 heterocycles. The number of carbonyl (C=O) groups excluding carboxylic acids is 2. The van der Waals surface area contributed by atoms with Gasteiger partial charge in [-0.25, -0.2) is 19.6 Å². The number of nitrogens with one attached hydrogen (secondary N) is 1. The molecule has 0 aliphatic heterocycles. The first-order chi connectivity index (χ1) is 16.3. The van der Waals surface area contributed by atoms with Crippen LogP contribution in [0.3, 0.4) is 0 Å². The Hall–Kier alpha value is -3.47. The number of rotatable bonds is 6. The minimum Gasteiger partial charge on any atom is -0.465 e. The normalized spacial score (nSPS) is 13.9. The van der Waals surface area contributed by atoms with Gasteiger partial charge in [0.25, 0.3) is 5.56 Å². The van der Waals surface area contributed by atoms with Crippen molar-refractivity contribution in [2.75, 3.05) is 18.2 Å². The fraction of sp³-hybridized carbons (Fsp3) is 0.391. The van der Waals surface area contributed by atoms with Crippen molar-refractivity contribution in [2.45, 2.75) is 36.6 Å². The highest BCUT2D eigenvalue weighted by Crippen LogP contribution is 2.34. The number of amides is 1. The van der Waals surface area contributed by atoms with Gasteiger partial charge in [0.2, 0.25) is 5.91 Å². The number of aryl methyl sites for hydroxylation is 1. The molecule has 1 aromatic carbocycles. The first kappa shape index (κ1) is 23.7. The smallest absolute Gasteiger partial charge is 0.337 e. The Morgan fingerprint density at radius 3 is 2.41 bits per heavy atom. The summed E-state index contributed by atoms with van der Waals surface area (Å²) in [6, 6.07) is 6.34. The molecule has 1 N–H and O–H groups in total. The van der Waals surface area contributed by atoms with Crippen LogP contribution < -0.4 is 16.6 Å². The Balaban J connectivity index is 1.61. The molecule has 1 amide bonds. The number of thioether (sulfide) groups is 1. The molecule has 11 heteroatoms. The van der Waals surface area contributed by atoms with Crippen LogP contribution in [0.5, 0.6) is 0 Å². The molecule has 0 spiro atoms. The SMILES string of the molecule is COC(=O)c1ccc(NC(=O)CSc2nc(C3CCCC3)nc3c2c(=O)n(C)c(=O)n3C)cc1. The van der Waals surface area contributed by atoms with Crippen molar-refractivity contribution >= 4 is 40.4 Å². The lowest BCUT2D eigenvalue weighted by atomic mass is 10.1. The molecule has 3 aromatic rings. The predicted molar refractivity (Wildman–Crippen MR) is 128 cm³/mol. The van der Waals surface area contributed by atoms with Gasteiger partial charge in [-0.1, -0.05) is 24.6 Å².